The van der Waals surface area contributed by atoms with E-state index in [1.807, 2.05) is 75.0 Å². The molecule has 224 valence electrons. The smallest absolute Gasteiger partial charge is 0.251 e. The average molecular weight is 582 g/mol. The molecule has 4 N–H and O–H groups in total. The second kappa shape index (κ2) is 11.6. The molecule has 0 bridgehead atoms. The van der Waals surface area contributed by atoms with Crippen LogP contribution in [0.4, 0.5) is 5.82 Å². The number of aryl methyl sites for hydroxylation is 3. The zero-order valence-corrected chi connectivity index (χ0v) is 25.7. The fraction of sp³-hybridized carbons (Fsp3) is 0.333. The molecule has 10 nitrogen and oxygen atoms in total. The first kappa shape index (κ1) is 29.9. The standard InChI is InChI=1S/C33H39N7O3/c1-19-13-25(15-26(21(19)3)32(42)36-17-20(2)41)29-22(4)38-40-28(16-27(33(5,6)43)37-31(29)40)35-18-23-9-8-10-24(14-23)30-34-11-12-39(30)7/h8-16,20,35,41,43H,17-18H2,1-7H3,(H,36,42). The van der Waals surface area contributed by atoms with Crippen molar-refractivity contribution in [3.8, 4) is 22.5 Å². The van der Waals surface area contributed by atoms with Crippen molar-refractivity contribution >= 4 is 17.4 Å². The molecule has 1 unspecified atom stereocenters. The molecule has 0 aliphatic rings. The Morgan fingerprint density at radius 3 is 2.53 bits per heavy atom. The van der Waals surface area contributed by atoms with Gasteiger partial charge >= 0.3 is 0 Å². The van der Waals surface area contributed by atoms with Gasteiger partial charge in [0.2, 0.25) is 0 Å². The van der Waals surface area contributed by atoms with Crippen LogP contribution in [0.25, 0.3) is 28.2 Å². The van der Waals surface area contributed by atoms with E-state index in [2.05, 4.69) is 21.7 Å². The summed E-state index contributed by atoms with van der Waals surface area (Å²) in [6, 6.07) is 13.9. The van der Waals surface area contributed by atoms with Crippen LogP contribution in [-0.4, -0.2) is 52.9 Å². The number of aliphatic hydroxyl groups is 2. The van der Waals surface area contributed by atoms with Gasteiger partial charge in [-0.1, -0.05) is 24.3 Å². The number of hydrogen-bond donors (Lipinski definition) is 4. The number of aromatic nitrogens is 5. The van der Waals surface area contributed by atoms with Crippen molar-refractivity contribution in [1.29, 1.82) is 0 Å². The zero-order valence-electron chi connectivity index (χ0n) is 25.7. The number of aliphatic hydroxyl groups excluding tert-OH is 1. The molecule has 5 aromatic rings. The third-order valence-corrected chi connectivity index (χ3v) is 7.63. The van der Waals surface area contributed by atoms with Gasteiger partial charge in [-0.05, 0) is 75.9 Å². The lowest BCUT2D eigenvalue weighted by Crippen LogP contribution is -2.31. The van der Waals surface area contributed by atoms with Crippen LogP contribution < -0.4 is 10.6 Å². The summed E-state index contributed by atoms with van der Waals surface area (Å²) in [5, 5.41) is 31.8. The highest BCUT2D eigenvalue weighted by Gasteiger charge is 2.25. The minimum absolute atomic E-state index is 0.160. The van der Waals surface area contributed by atoms with E-state index < -0.39 is 11.7 Å². The number of benzene rings is 2. The van der Waals surface area contributed by atoms with E-state index in [0.29, 0.717) is 29.3 Å². The van der Waals surface area contributed by atoms with E-state index in [-0.39, 0.29) is 12.5 Å². The number of carbonyl (C=O) groups excluding carboxylic acids is 1. The van der Waals surface area contributed by atoms with Gasteiger partial charge in [-0.2, -0.15) is 9.61 Å². The number of hydrogen-bond acceptors (Lipinski definition) is 7. The van der Waals surface area contributed by atoms with Gasteiger partial charge in [-0.3, -0.25) is 4.79 Å². The summed E-state index contributed by atoms with van der Waals surface area (Å²) < 4.78 is 3.74. The number of nitrogens with zero attached hydrogens (tertiary/aromatic N) is 5. The lowest BCUT2D eigenvalue weighted by molar-refractivity contribution is 0.0740. The quantitative estimate of drug-likeness (QED) is 0.199. The first-order valence-corrected chi connectivity index (χ1v) is 14.3. The highest BCUT2D eigenvalue weighted by atomic mass is 16.3. The molecule has 43 heavy (non-hydrogen) atoms. The highest BCUT2D eigenvalue weighted by Crippen LogP contribution is 2.34. The summed E-state index contributed by atoms with van der Waals surface area (Å²) in [5.41, 5.74) is 6.57. The van der Waals surface area contributed by atoms with Gasteiger partial charge in [0.25, 0.3) is 5.91 Å². The predicted molar refractivity (Wildman–Crippen MR) is 168 cm³/mol. The monoisotopic (exact) mass is 581 g/mol. The van der Waals surface area contributed by atoms with Crippen molar-refractivity contribution in [2.75, 3.05) is 11.9 Å². The molecule has 0 saturated carbocycles. The van der Waals surface area contributed by atoms with Gasteiger partial charge in [-0.25, -0.2) is 9.97 Å². The molecule has 1 amide bonds. The minimum Gasteiger partial charge on any atom is -0.392 e. The molecule has 10 heteroatoms. The van der Waals surface area contributed by atoms with Crippen molar-refractivity contribution in [3.05, 3.63) is 88.5 Å². The minimum atomic E-state index is -1.21. The van der Waals surface area contributed by atoms with E-state index in [1.54, 1.807) is 31.5 Å². The van der Waals surface area contributed by atoms with Crippen molar-refractivity contribution in [2.45, 2.75) is 59.8 Å². The van der Waals surface area contributed by atoms with E-state index in [0.717, 1.165) is 44.9 Å². The van der Waals surface area contributed by atoms with Gasteiger partial charge < -0.3 is 25.4 Å². The molecule has 0 aliphatic carbocycles. The molecule has 0 spiro atoms. The molecule has 1 atom stereocenters. The molecular weight excluding hydrogens is 542 g/mol. The number of anilines is 1. The Hall–Kier alpha value is -4.54. The summed E-state index contributed by atoms with van der Waals surface area (Å²) in [6.07, 6.45) is 3.05. The first-order chi connectivity index (χ1) is 20.3. The third kappa shape index (κ3) is 6.16. The molecule has 3 aromatic heterocycles. The van der Waals surface area contributed by atoms with E-state index in [9.17, 15) is 15.0 Å². The van der Waals surface area contributed by atoms with Gasteiger partial charge in [0.05, 0.1) is 17.5 Å². The molecule has 0 radical (unpaired) electrons. The third-order valence-electron chi connectivity index (χ3n) is 7.63. The largest absolute Gasteiger partial charge is 0.392 e. The normalized spacial score (nSPS) is 12.5. The van der Waals surface area contributed by atoms with Crippen LogP contribution in [0.15, 0.2) is 54.9 Å². The van der Waals surface area contributed by atoms with E-state index in [1.165, 1.54) is 0 Å². The molecule has 0 fully saturated rings. The average Bonchev–Trinajstić information content (AvgIpc) is 3.53. The van der Waals surface area contributed by atoms with Crippen LogP contribution in [0.5, 0.6) is 0 Å². The van der Waals surface area contributed by atoms with Gasteiger partial charge in [0.1, 0.15) is 17.2 Å². The Morgan fingerprint density at radius 2 is 1.86 bits per heavy atom. The number of carbonyl (C=O) groups is 1. The number of fused-ring (bicyclic) bond motifs is 1. The highest BCUT2D eigenvalue weighted by molar-refractivity contribution is 5.98. The van der Waals surface area contributed by atoms with Crippen molar-refractivity contribution in [2.24, 2.45) is 7.05 Å². The summed E-state index contributed by atoms with van der Waals surface area (Å²) in [4.78, 5) is 22.4. The van der Waals surface area contributed by atoms with Gasteiger partial charge in [0, 0.05) is 55.3 Å². The van der Waals surface area contributed by atoms with Crippen LogP contribution >= 0.6 is 0 Å². The summed E-state index contributed by atoms with van der Waals surface area (Å²) in [5.74, 6) is 1.31. The lowest BCUT2D eigenvalue weighted by atomic mass is 9.95. The van der Waals surface area contributed by atoms with Crippen molar-refractivity contribution in [3.63, 3.8) is 0 Å². The van der Waals surface area contributed by atoms with Crippen molar-refractivity contribution < 1.29 is 15.0 Å². The SMILES string of the molecule is Cc1cc(-c2c(C)nn3c(NCc4cccc(-c5nccn5C)c4)cc(C(C)(C)O)nc23)cc(C(=O)NCC(C)O)c1C. The number of rotatable bonds is 9. The van der Waals surface area contributed by atoms with Crippen LogP contribution in [-0.2, 0) is 19.2 Å². The Kier molecular flexibility index (Phi) is 8.09. The molecule has 0 saturated heterocycles. The van der Waals surface area contributed by atoms with Gasteiger partial charge in [-0.15, -0.1) is 0 Å². The van der Waals surface area contributed by atoms with E-state index >= 15 is 0 Å². The number of imidazole rings is 1. The molecule has 2 aromatic carbocycles. The Bertz CT molecular complexity index is 1810. The maximum atomic E-state index is 13.1. The number of nitrogens with one attached hydrogen (secondary N) is 2. The van der Waals surface area contributed by atoms with Crippen LogP contribution in [0.3, 0.4) is 0 Å². The van der Waals surface area contributed by atoms with E-state index in [4.69, 9.17) is 10.1 Å². The van der Waals surface area contributed by atoms with Crippen LogP contribution in [0.2, 0.25) is 0 Å². The second-order valence-electron chi connectivity index (χ2n) is 11.7. The molecular formula is C33H39N7O3. The molecule has 3 heterocycles. The summed E-state index contributed by atoms with van der Waals surface area (Å²) in [7, 11) is 1.97. The lowest BCUT2D eigenvalue weighted by Gasteiger charge is -2.19. The maximum absolute atomic E-state index is 13.1. The molecule has 5 rings (SSSR count). The first-order valence-electron chi connectivity index (χ1n) is 14.3. The Labute approximate surface area is 251 Å². The Balaban J connectivity index is 1.57. The second-order valence-corrected chi connectivity index (χ2v) is 11.7. The number of amides is 1. The zero-order chi connectivity index (χ0) is 31.1. The predicted octanol–water partition coefficient (Wildman–Crippen LogP) is 4.67. The fourth-order valence-electron chi connectivity index (χ4n) is 5.13. The summed E-state index contributed by atoms with van der Waals surface area (Å²) in [6.45, 7) is 11.5. The van der Waals surface area contributed by atoms with Crippen LogP contribution in [0.1, 0.15) is 59.2 Å². The van der Waals surface area contributed by atoms with Crippen molar-refractivity contribution in [1.82, 2.24) is 29.5 Å². The van der Waals surface area contributed by atoms with Crippen LogP contribution in [0, 0.1) is 20.8 Å². The molecule has 0 aliphatic heterocycles. The van der Waals surface area contributed by atoms with Gasteiger partial charge in [0.15, 0.2) is 5.65 Å². The Morgan fingerprint density at radius 1 is 1.09 bits per heavy atom. The topological polar surface area (TPSA) is 130 Å². The fourth-order valence-corrected chi connectivity index (χ4v) is 5.13. The maximum Gasteiger partial charge on any atom is 0.251 e. The summed E-state index contributed by atoms with van der Waals surface area (Å²) >= 11 is 0.